The van der Waals surface area contributed by atoms with Crippen molar-refractivity contribution in [2.75, 3.05) is 18.4 Å². The highest BCUT2D eigenvalue weighted by Crippen LogP contribution is 2.59. The summed E-state index contributed by atoms with van der Waals surface area (Å²) in [7, 11) is 0. The number of aromatic nitrogens is 2. The van der Waals surface area contributed by atoms with Crippen molar-refractivity contribution in [3.05, 3.63) is 17.6 Å². The molecule has 4 aliphatic carbocycles. The Hall–Kier alpha value is -1.65. The van der Waals surface area contributed by atoms with E-state index in [1.807, 2.05) is 4.90 Å². The number of nitrogens with zero attached hydrogens (tertiary/aromatic N) is 3. The molecule has 1 aliphatic heterocycles. The Morgan fingerprint density at radius 2 is 1.88 bits per heavy atom. The summed E-state index contributed by atoms with van der Waals surface area (Å²) in [6.45, 7) is 4.11. The Morgan fingerprint density at radius 1 is 1.20 bits per heavy atom. The summed E-state index contributed by atoms with van der Waals surface area (Å²) in [6.07, 6.45) is 11.2. The van der Waals surface area contributed by atoms with Crippen LogP contribution in [0.1, 0.15) is 56.7 Å². The lowest BCUT2D eigenvalue weighted by Crippen LogP contribution is -2.49. The number of rotatable bonds is 3. The van der Waals surface area contributed by atoms with Crippen molar-refractivity contribution in [2.24, 2.45) is 23.2 Å². The molecule has 1 aromatic rings. The van der Waals surface area contributed by atoms with Gasteiger partial charge in [0.25, 0.3) is 0 Å². The molecule has 1 N–H and O–H groups in total. The van der Waals surface area contributed by atoms with Gasteiger partial charge in [0.1, 0.15) is 12.1 Å². The van der Waals surface area contributed by atoms with Crippen LogP contribution in [0, 0.1) is 23.2 Å². The maximum absolute atomic E-state index is 11.6. The smallest absolute Gasteiger partial charge is 0.219 e. The maximum Gasteiger partial charge on any atom is 0.219 e. The maximum atomic E-state index is 11.6. The molecule has 4 bridgehead atoms. The van der Waals surface area contributed by atoms with Crippen LogP contribution in [0.3, 0.4) is 0 Å². The van der Waals surface area contributed by atoms with Gasteiger partial charge in [0.15, 0.2) is 0 Å². The number of amides is 1. The Kier molecular flexibility index (Phi) is 3.54. The van der Waals surface area contributed by atoms with Crippen molar-refractivity contribution in [1.82, 2.24) is 14.9 Å². The van der Waals surface area contributed by atoms with Crippen molar-refractivity contribution in [3.8, 4) is 0 Å². The number of nitrogens with one attached hydrogen (secondary N) is 1. The van der Waals surface area contributed by atoms with Gasteiger partial charge in [-0.2, -0.15) is 0 Å². The first-order chi connectivity index (χ1) is 12.1. The molecular formula is C20H28N4O. The second kappa shape index (κ2) is 5.68. The predicted molar refractivity (Wildman–Crippen MR) is 95.9 cm³/mol. The summed E-state index contributed by atoms with van der Waals surface area (Å²) in [4.78, 5) is 22.5. The largest absolute Gasteiger partial charge is 0.369 e. The van der Waals surface area contributed by atoms with Crippen LogP contribution in [0.15, 0.2) is 6.33 Å². The van der Waals surface area contributed by atoms with Crippen LogP contribution >= 0.6 is 0 Å². The molecule has 134 valence electrons. The molecule has 5 heteroatoms. The lowest BCUT2D eigenvalue weighted by Gasteiger charge is -2.57. The minimum absolute atomic E-state index is 0.132. The number of hydrogen-bond donors (Lipinski definition) is 1. The highest BCUT2D eigenvalue weighted by atomic mass is 16.2. The number of carbonyl (C=O) groups is 1. The van der Waals surface area contributed by atoms with Crippen LogP contribution in [0.2, 0.25) is 0 Å². The molecule has 5 aliphatic rings. The monoisotopic (exact) mass is 340 g/mol. The molecule has 2 heterocycles. The number of anilines is 1. The minimum atomic E-state index is 0.132. The summed E-state index contributed by atoms with van der Waals surface area (Å²) in [5.41, 5.74) is 2.75. The molecule has 0 aromatic carbocycles. The summed E-state index contributed by atoms with van der Waals surface area (Å²) < 4.78 is 0. The van der Waals surface area contributed by atoms with Crippen LogP contribution in [0.4, 0.5) is 5.82 Å². The molecule has 5 nitrogen and oxygen atoms in total. The predicted octanol–water partition coefficient (Wildman–Crippen LogP) is 3.01. The highest BCUT2D eigenvalue weighted by Gasteiger charge is 2.50. The fourth-order valence-electron chi connectivity index (χ4n) is 6.55. The van der Waals surface area contributed by atoms with Gasteiger partial charge in [-0.15, -0.1) is 0 Å². The van der Waals surface area contributed by atoms with E-state index in [-0.39, 0.29) is 5.91 Å². The first kappa shape index (κ1) is 15.6. The number of fused-ring (bicyclic) bond motifs is 1. The molecule has 1 amide bonds. The first-order valence-electron chi connectivity index (χ1n) is 9.92. The van der Waals surface area contributed by atoms with E-state index in [1.54, 1.807) is 13.3 Å². The van der Waals surface area contributed by atoms with Gasteiger partial charge in [0.2, 0.25) is 5.91 Å². The normalized spacial score (nSPS) is 35.6. The lowest BCUT2D eigenvalue weighted by atomic mass is 9.49. The number of hydrogen-bond acceptors (Lipinski definition) is 4. The van der Waals surface area contributed by atoms with Crippen LogP contribution < -0.4 is 5.32 Å². The zero-order valence-corrected chi connectivity index (χ0v) is 15.1. The zero-order chi connectivity index (χ0) is 17.0. The molecular weight excluding hydrogens is 312 g/mol. The Balaban J connectivity index is 1.33. The highest BCUT2D eigenvalue weighted by molar-refractivity contribution is 5.73. The quantitative estimate of drug-likeness (QED) is 0.919. The van der Waals surface area contributed by atoms with Gasteiger partial charge in [-0.1, -0.05) is 0 Å². The Morgan fingerprint density at radius 3 is 2.52 bits per heavy atom. The van der Waals surface area contributed by atoms with Gasteiger partial charge < -0.3 is 10.2 Å². The van der Waals surface area contributed by atoms with Crippen molar-refractivity contribution in [2.45, 2.75) is 58.4 Å². The molecule has 0 saturated heterocycles. The molecule has 4 saturated carbocycles. The van der Waals surface area contributed by atoms with Gasteiger partial charge >= 0.3 is 0 Å². The van der Waals surface area contributed by atoms with E-state index in [0.717, 1.165) is 48.8 Å². The van der Waals surface area contributed by atoms with Crippen LogP contribution in [0.5, 0.6) is 0 Å². The minimum Gasteiger partial charge on any atom is -0.369 e. The van der Waals surface area contributed by atoms with Gasteiger partial charge in [-0.05, 0) is 68.1 Å². The summed E-state index contributed by atoms with van der Waals surface area (Å²) in [5, 5.41) is 3.72. The van der Waals surface area contributed by atoms with Crippen molar-refractivity contribution < 1.29 is 4.79 Å². The van der Waals surface area contributed by atoms with Gasteiger partial charge in [-0.3, -0.25) is 4.79 Å². The van der Waals surface area contributed by atoms with E-state index in [9.17, 15) is 4.79 Å². The van der Waals surface area contributed by atoms with E-state index in [2.05, 4.69) is 15.3 Å². The van der Waals surface area contributed by atoms with Crippen molar-refractivity contribution >= 4 is 11.7 Å². The summed E-state index contributed by atoms with van der Waals surface area (Å²) in [5.74, 6) is 4.10. The molecule has 0 unspecified atom stereocenters. The van der Waals surface area contributed by atoms with E-state index in [0.29, 0.717) is 12.0 Å². The summed E-state index contributed by atoms with van der Waals surface area (Å²) >= 11 is 0. The van der Waals surface area contributed by atoms with Crippen LogP contribution in [0.25, 0.3) is 0 Å². The standard InChI is InChI=1S/C20H28N4O/c1-13(25)24-3-2-17-18(10-24)22-12-23-19(17)21-11-20-7-14-4-15(8-20)6-16(5-14)9-20/h12,14-16H,2-11H2,1H3,(H,21,22,23). The van der Waals surface area contributed by atoms with E-state index < -0.39 is 0 Å². The third-order valence-corrected chi connectivity index (χ3v) is 7.25. The lowest BCUT2D eigenvalue weighted by molar-refractivity contribution is -0.129. The van der Waals surface area contributed by atoms with E-state index in [1.165, 1.54) is 44.1 Å². The van der Waals surface area contributed by atoms with Crippen molar-refractivity contribution in [1.29, 1.82) is 0 Å². The fourth-order valence-corrected chi connectivity index (χ4v) is 6.55. The van der Waals surface area contributed by atoms with Crippen LogP contribution in [-0.4, -0.2) is 33.9 Å². The first-order valence-corrected chi connectivity index (χ1v) is 9.92. The van der Waals surface area contributed by atoms with E-state index >= 15 is 0 Å². The summed E-state index contributed by atoms with van der Waals surface area (Å²) in [6, 6.07) is 0. The van der Waals surface area contributed by atoms with Gasteiger partial charge in [0, 0.05) is 25.6 Å². The average molecular weight is 340 g/mol. The number of carbonyl (C=O) groups excluding carboxylic acids is 1. The average Bonchev–Trinajstić information content (AvgIpc) is 2.58. The van der Waals surface area contributed by atoms with Crippen molar-refractivity contribution in [3.63, 3.8) is 0 Å². The van der Waals surface area contributed by atoms with E-state index in [4.69, 9.17) is 0 Å². The van der Waals surface area contributed by atoms with Gasteiger partial charge in [-0.25, -0.2) is 9.97 Å². The molecule has 1 aromatic heterocycles. The molecule has 6 rings (SSSR count). The molecule has 4 fully saturated rings. The Labute approximate surface area is 149 Å². The third kappa shape index (κ3) is 2.72. The SMILES string of the molecule is CC(=O)N1CCc2c(ncnc2NCC23CC4CC(CC(C4)C2)C3)C1. The Bertz CT molecular complexity index is 666. The molecule has 0 radical (unpaired) electrons. The zero-order valence-electron chi connectivity index (χ0n) is 15.1. The molecule has 0 atom stereocenters. The van der Waals surface area contributed by atoms with Crippen LogP contribution in [-0.2, 0) is 17.8 Å². The molecule has 25 heavy (non-hydrogen) atoms. The fraction of sp³-hybridized carbons (Fsp3) is 0.750. The van der Waals surface area contributed by atoms with Gasteiger partial charge in [0.05, 0.1) is 12.2 Å². The second-order valence-corrected chi connectivity index (χ2v) is 9.11. The second-order valence-electron chi connectivity index (χ2n) is 9.11. The third-order valence-electron chi connectivity index (χ3n) is 7.25. The topological polar surface area (TPSA) is 58.1 Å². The molecule has 0 spiro atoms.